The largest absolute Gasteiger partial charge is 0.378 e. The Hall–Kier alpha value is -2.80. The van der Waals surface area contributed by atoms with Gasteiger partial charge < -0.3 is 9.64 Å². The van der Waals surface area contributed by atoms with Crippen LogP contribution in [0.15, 0.2) is 43.1 Å². The van der Waals surface area contributed by atoms with Crippen LogP contribution in [0.3, 0.4) is 0 Å². The van der Waals surface area contributed by atoms with Gasteiger partial charge in [-0.05, 0) is 12.1 Å². The lowest BCUT2D eigenvalue weighted by molar-refractivity contribution is 0.0294. The maximum atomic E-state index is 12.8. The molecule has 7 nitrogen and oxygen atoms in total. The smallest absolute Gasteiger partial charge is 0.290 e. The van der Waals surface area contributed by atoms with Gasteiger partial charge in [0.05, 0.1) is 24.9 Å². The van der Waals surface area contributed by atoms with Crippen molar-refractivity contribution in [1.29, 1.82) is 0 Å². The second-order valence-corrected chi connectivity index (χ2v) is 5.26. The molecule has 1 aliphatic rings. The van der Waals surface area contributed by atoms with Crippen molar-refractivity contribution in [3.63, 3.8) is 0 Å². The number of morpholine rings is 1. The molecule has 1 fully saturated rings. The highest BCUT2D eigenvalue weighted by molar-refractivity contribution is 5.94. The van der Waals surface area contributed by atoms with Gasteiger partial charge in [0.15, 0.2) is 0 Å². The van der Waals surface area contributed by atoms with Crippen LogP contribution in [0.4, 0.5) is 0 Å². The van der Waals surface area contributed by atoms with E-state index in [0.717, 1.165) is 11.1 Å². The minimum Gasteiger partial charge on any atom is -0.378 e. The predicted molar refractivity (Wildman–Crippen MR) is 82.9 cm³/mol. The molecule has 0 radical (unpaired) electrons. The summed E-state index contributed by atoms with van der Waals surface area (Å²) in [5, 5.41) is 0. The monoisotopic (exact) mass is 309 g/mol. The molecule has 0 atom stereocenters. The van der Waals surface area contributed by atoms with E-state index < -0.39 is 0 Å². The standard InChI is InChI=1S/C16H15N5O2/c22-16(20-6-8-23-9-7-20)15-19-14(12-2-1-3-17-10-12)13-11-18-4-5-21(13)15/h1-5,10-11H,6-9H2. The Morgan fingerprint density at radius 1 is 1.13 bits per heavy atom. The van der Waals surface area contributed by atoms with Crippen molar-refractivity contribution in [3.8, 4) is 11.3 Å². The Morgan fingerprint density at radius 2 is 1.96 bits per heavy atom. The molecule has 0 saturated carbocycles. The Morgan fingerprint density at radius 3 is 2.74 bits per heavy atom. The summed E-state index contributed by atoms with van der Waals surface area (Å²) >= 11 is 0. The van der Waals surface area contributed by atoms with Crippen LogP contribution in [0.1, 0.15) is 10.6 Å². The van der Waals surface area contributed by atoms with Gasteiger partial charge >= 0.3 is 0 Å². The van der Waals surface area contributed by atoms with E-state index in [2.05, 4.69) is 15.0 Å². The molecule has 0 bridgehead atoms. The van der Waals surface area contributed by atoms with Crippen LogP contribution in [-0.4, -0.2) is 56.5 Å². The molecule has 4 rings (SSSR count). The fraction of sp³-hybridized carbons (Fsp3) is 0.250. The summed E-state index contributed by atoms with van der Waals surface area (Å²) in [6, 6.07) is 3.77. The number of amides is 1. The third-order valence-corrected chi connectivity index (χ3v) is 3.87. The first kappa shape index (κ1) is 13.8. The van der Waals surface area contributed by atoms with E-state index in [1.807, 2.05) is 12.1 Å². The first-order chi connectivity index (χ1) is 11.3. The molecular formula is C16H15N5O2. The molecule has 0 unspecified atom stereocenters. The first-order valence-electron chi connectivity index (χ1n) is 7.44. The van der Waals surface area contributed by atoms with E-state index in [0.29, 0.717) is 37.8 Å². The fourth-order valence-electron chi connectivity index (χ4n) is 2.71. The molecule has 0 aromatic carbocycles. The summed E-state index contributed by atoms with van der Waals surface area (Å²) in [5.74, 6) is 0.299. The lowest BCUT2D eigenvalue weighted by Crippen LogP contribution is -2.41. The number of aromatic nitrogens is 4. The molecule has 23 heavy (non-hydrogen) atoms. The van der Waals surface area contributed by atoms with Gasteiger partial charge in [0, 0.05) is 43.4 Å². The third kappa shape index (κ3) is 2.44. The van der Waals surface area contributed by atoms with E-state index >= 15 is 0 Å². The topological polar surface area (TPSA) is 72.6 Å². The molecule has 1 amide bonds. The highest BCUT2D eigenvalue weighted by atomic mass is 16.5. The number of nitrogens with zero attached hydrogens (tertiary/aromatic N) is 5. The van der Waals surface area contributed by atoms with Crippen molar-refractivity contribution in [1.82, 2.24) is 24.3 Å². The SMILES string of the molecule is O=C(c1nc(-c2cccnc2)c2cnccn12)N1CCOCC1. The van der Waals surface area contributed by atoms with Crippen molar-refractivity contribution >= 4 is 11.4 Å². The van der Waals surface area contributed by atoms with Gasteiger partial charge in [-0.1, -0.05) is 0 Å². The van der Waals surface area contributed by atoms with Crippen LogP contribution in [-0.2, 0) is 4.74 Å². The fourth-order valence-corrected chi connectivity index (χ4v) is 2.71. The van der Waals surface area contributed by atoms with Gasteiger partial charge in [0.1, 0.15) is 5.69 Å². The molecule has 3 aromatic heterocycles. The third-order valence-electron chi connectivity index (χ3n) is 3.87. The second-order valence-electron chi connectivity index (χ2n) is 5.26. The predicted octanol–water partition coefficient (Wildman–Crippen LogP) is 1.26. The molecule has 0 spiro atoms. The van der Waals surface area contributed by atoms with Gasteiger partial charge in [0.2, 0.25) is 5.82 Å². The van der Waals surface area contributed by atoms with Crippen molar-refractivity contribution in [2.45, 2.75) is 0 Å². The molecular weight excluding hydrogens is 294 g/mol. The number of pyridine rings is 1. The first-order valence-corrected chi connectivity index (χ1v) is 7.44. The Bertz CT molecular complexity index is 840. The highest BCUT2D eigenvalue weighted by Gasteiger charge is 2.24. The van der Waals surface area contributed by atoms with E-state index in [1.165, 1.54) is 0 Å². The van der Waals surface area contributed by atoms with E-state index in [-0.39, 0.29) is 5.91 Å². The van der Waals surface area contributed by atoms with Crippen LogP contribution < -0.4 is 0 Å². The number of fused-ring (bicyclic) bond motifs is 1. The van der Waals surface area contributed by atoms with Crippen molar-refractivity contribution in [2.24, 2.45) is 0 Å². The Labute approximate surface area is 132 Å². The summed E-state index contributed by atoms with van der Waals surface area (Å²) in [6.07, 6.45) is 8.57. The number of hydrogen-bond acceptors (Lipinski definition) is 5. The minimum atomic E-state index is -0.0929. The maximum Gasteiger partial charge on any atom is 0.290 e. The van der Waals surface area contributed by atoms with E-state index in [4.69, 9.17) is 4.74 Å². The summed E-state index contributed by atoms with van der Waals surface area (Å²) in [5.41, 5.74) is 2.36. The number of carbonyl (C=O) groups is 1. The van der Waals surface area contributed by atoms with Gasteiger partial charge in [-0.2, -0.15) is 0 Å². The number of rotatable bonds is 2. The van der Waals surface area contributed by atoms with Gasteiger partial charge in [-0.15, -0.1) is 0 Å². The van der Waals surface area contributed by atoms with Gasteiger partial charge in [-0.3, -0.25) is 19.2 Å². The average molecular weight is 309 g/mol. The maximum absolute atomic E-state index is 12.8. The molecule has 3 aromatic rings. The van der Waals surface area contributed by atoms with Crippen LogP contribution in [0.25, 0.3) is 16.8 Å². The molecule has 1 aliphatic heterocycles. The number of carbonyl (C=O) groups excluding carboxylic acids is 1. The minimum absolute atomic E-state index is 0.0929. The molecule has 0 aliphatic carbocycles. The molecule has 0 N–H and O–H groups in total. The summed E-state index contributed by atoms with van der Waals surface area (Å²) in [4.78, 5) is 27.5. The molecule has 7 heteroatoms. The zero-order valence-electron chi connectivity index (χ0n) is 12.4. The van der Waals surface area contributed by atoms with Crippen LogP contribution in [0, 0.1) is 0 Å². The van der Waals surface area contributed by atoms with Crippen molar-refractivity contribution in [2.75, 3.05) is 26.3 Å². The lowest BCUT2D eigenvalue weighted by atomic mass is 10.2. The van der Waals surface area contributed by atoms with Crippen LogP contribution >= 0.6 is 0 Å². The van der Waals surface area contributed by atoms with Gasteiger partial charge in [0.25, 0.3) is 5.91 Å². The number of imidazole rings is 1. The quantitative estimate of drug-likeness (QED) is 0.712. The van der Waals surface area contributed by atoms with E-state index in [1.54, 1.807) is 40.3 Å². The van der Waals surface area contributed by atoms with E-state index in [9.17, 15) is 4.79 Å². The molecule has 4 heterocycles. The average Bonchev–Trinajstić information content (AvgIpc) is 3.02. The van der Waals surface area contributed by atoms with Crippen LogP contribution in [0.5, 0.6) is 0 Å². The normalized spacial score (nSPS) is 15.0. The second kappa shape index (κ2) is 5.77. The Kier molecular flexibility index (Phi) is 3.47. The summed E-state index contributed by atoms with van der Waals surface area (Å²) in [6.45, 7) is 2.29. The Balaban J connectivity index is 1.83. The molecule has 116 valence electrons. The highest BCUT2D eigenvalue weighted by Crippen LogP contribution is 2.24. The zero-order chi connectivity index (χ0) is 15.6. The zero-order valence-corrected chi connectivity index (χ0v) is 12.4. The number of hydrogen-bond donors (Lipinski definition) is 0. The van der Waals surface area contributed by atoms with Gasteiger partial charge in [-0.25, -0.2) is 4.98 Å². The summed E-state index contributed by atoms with van der Waals surface area (Å²) in [7, 11) is 0. The number of ether oxygens (including phenoxy) is 1. The van der Waals surface area contributed by atoms with Crippen LogP contribution in [0.2, 0.25) is 0 Å². The molecule has 1 saturated heterocycles. The van der Waals surface area contributed by atoms with Crippen molar-refractivity contribution in [3.05, 3.63) is 48.9 Å². The summed E-state index contributed by atoms with van der Waals surface area (Å²) < 4.78 is 7.09. The van der Waals surface area contributed by atoms with Crippen molar-refractivity contribution < 1.29 is 9.53 Å². The lowest BCUT2D eigenvalue weighted by Gasteiger charge is -2.26.